The van der Waals surface area contributed by atoms with E-state index in [4.69, 9.17) is 0 Å². The lowest BCUT2D eigenvalue weighted by atomic mass is 9.95. The van der Waals surface area contributed by atoms with Crippen molar-refractivity contribution in [2.45, 2.75) is 39.2 Å². The Kier molecular flexibility index (Phi) is 3.34. The van der Waals surface area contributed by atoms with Crippen molar-refractivity contribution in [3.8, 4) is 0 Å². The van der Waals surface area contributed by atoms with Crippen LogP contribution in [0.3, 0.4) is 0 Å². The third-order valence-corrected chi connectivity index (χ3v) is 2.75. The van der Waals surface area contributed by atoms with Gasteiger partial charge >= 0.3 is 0 Å². The van der Waals surface area contributed by atoms with Crippen molar-refractivity contribution in [2.24, 2.45) is 5.92 Å². The summed E-state index contributed by atoms with van der Waals surface area (Å²) >= 11 is 0. The summed E-state index contributed by atoms with van der Waals surface area (Å²) in [4.78, 5) is 0. The summed E-state index contributed by atoms with van der Waals surface area (Å²) in [5.41, 5.74) is 3.39. The maximum atomic E-state index is 3.39. The second kappa shape index (κ2) is 4.07. The molecule has 0 aromatic rings. The molecule has 1 rings (SSSR count). The van der Waals surface area contributed by atoms with E-state index in [9.17, 15) is 0 Å². The number of rotatable bonds is 3. The Labute approximate surface area is 69.9 Å². The predicted molar refractivity (Wildman–Crippen MR) is 48.2 cm³/mol. The van der Waals surface area contributed by atoms with Crippen LogP contribution in [0.2, 0.25) is 0 Å². The van der Waals surface area contributed by atoms with Gasteiger partial charge in [0.25, 0.3) is 0 Å². The monoisotopic (exact) mass is 156 g/mol. The van der Waals surface area contributed by atoms with Gasteiger partial charge in [-0.2, -0.15) is 0 Å². The van der Waals surface area contributed by atoms with Crippen molar-refractivity contribution in [1.82, 2.24) is 10.4 Å². The van der Waals surface area contributed by atoms with Crippen LogP contribution in [0.15, 0.2) is 0 Å². The van der Waals surface area contributed by atoms with Crippen molar-refractivity contribution in [1.29, 1.82) is 0 Å². The van der Waals surface area contributed by atoms with Crippen LogP contribution in [-0.4, -0.2) is 24.6 Å². The quantitative estimate of drug-likeness (QED) is 0.668. The van der Waals surface area contributed by atoms with E-state index >= 15 is 0 Å². The number of hydrogen-bond acceptors (Lipinski definition) is 2. The summed E-state index contributed by atoms with van der Waals surface area (Å²) in [6.07, 6.45) is 3.94. The molecule has 0 aromatic heterocycles. The van der Waals surface area contributed by atoms with E-state index in [0.29, 0.717) is 0 Å². The van der Waals surface area contributed by atoms with Crippen molar-refractivity contribution in [3.63, 3.8) is 0 Å². The molecule has 0 saturated carbocycles. The first kappa shape index (κ1) is 9.01. The van der Waals surface area contributed by atoms with Gasteiger partial charge in [0.2, 0.25) is 0 Å². The van der Waals surface area contributed by atoms with Crippen molar-refractivity contribution >= 4 is 0 Å². The minimum absolute atomic E-state index is 0.782. The minimum Gasteiger partial charge on any atom is -0.255 e. The third kappa shape index (κ3) is 1.94. The van der Waals surface area contributed by atoms with E-state index in [1.54, 1.807) is 0 Å². The Balaban J connectivity index is 2.42. The van der Waals surface area contributed by atoms with Gasteiger partial charge in [0.1, 0.15) is 0 Å². The molecule has 0 amide bonds. The number of nitrogens with one attached hydrogen (secondary N) is 1. The first-order valence-electron chi connectivity index (χ1n) is 4.75. The minimum atomic E-state index is 0.782. The highest BCUT2D eigenvalue weighted by Gasteiger charge is 2.28. The Morgan fingerprint density at radius 3 is 2.73 bits per heavy atom. The zero-order chi connectivity index (χ0) is 8.27. The molecule has 1 saturated heterocycles. The van der Waals surface area contributed by atoms with Gasteiger partial charge in [-0.15, -0.1) is 0 Å². The number of nitrogens with zero attached hydrogens (tertiary/aromatic N) is 1. The fraction of sp³-hybridized carbons (Fsp3) is 1.00. The van der Waals surface area contributed by atoms with Gasteiger partial charge < -0.3 is 0 Å². The van der Waals surface area contributed by atoms with E-state index in [0.717, 1.165) is 12.0 Å². The molecule has 1 aliphatic rings. The fourth-order valence-corrected chi connectivity index (χ4v) is 1.97. The zero-order valence-electron chi connectivity index (χ0n) is 7.93. The van der Waals surface area contributed by atoms with E-state index in [1.165, 1.54) is 25.8 Å². The first-order chi connectivity index (χ1) is 5.29. The summed E-state index contributed by atoms with van der Waals surface area (Å²) < 4.78 is 0. The molecule has 1 N–H and O–H groups in total. The summed E-state index contributed by atoms with van der Waals surface area (Å²) in [7, 11) is 2.16. The largest absolute Gasteiger partial charge is 0.255 e. The van der Waals surface area contributed by atoms with Crippen LogP contribution in [0.25, 0.3) is 0 Å². The van der Waals surface area contributed by atoms with Gasteiger partial charge in [-0.25, -0.2) is 5.01 Å². The van der Waals surface area contributed by atoms with E-state index < -0.39 is 0 Å². The summed E-state index contributed by atoms with van der Waals surface area (Å²) in [5.74, 6) is 0.875. The van der Waals surface area contributed by atoms with Crippen LogP contribution in [0, 0.1) is 5.92 Å². The van der Waals surface area contributed by atoms with E-state index in [1.807, 2.05) is 0 Å². The van der Waals surface area contributed by atoms with Gasteiger partial charge in [-0.05, 0) is 12.3 Å². The standard InChI is InChI=1S/C9H20N2/c1-4-6-9-8(5-2)7-10-11(9)3/h8-10H,4-7H2,1-3H3. The highest BCUT2D eigenvalue weighted by atomic mass is 15.5. The van der Waals surface area contributed by atoms with Crippen molar-refractivity contribution in [3.05, 3.63) is 0 Å². The van der Waals surface area contributed by atoms with Crippen molar-refractivity contribution < 1.29 is 0 Å². The first-order valence-corrected chi connectivity index (χ1v) is 4.75. The fourth-order valence-electron chi connectivity index (χ4n) is 1.97. The second-order valence-corrected chi connectivity index (χ2v) is 3.50. The van der Waals surface area contributed by atoms with Gasteiger partial charge in [0.15, 0.2) is 0 Å². The molecule has 66 valence electrons. The zero-order valence-corrected chi connectivity index (χ0v) is 7.93. The summed E-state index contributed by atoms with van der Waals surface area (Å²) in [5, 5.41) is 2.29. The average molecular weight is 156 g/mol. The molecule has 2 unspecified atom stereocenters. The van der Waals surface area contributed by atoms with Gasteiger partial charge in [0.05, 0.1) is 0 Å². The number of hydrogen-bond donors (Lipinski definition) is 1. The molecule has 0 bridgehead atoms. The molecule has 1 fully saturated rings. The lowest BCUT2D eigenvalue weighted by molar-refractivity contribution is 0.205. The van der Waals surface area contributed by atoms with Gasteiger partial charge in [-0.1, -0.05) is 26.7 Å². The Morgan fingerprint density at radius 1 is 1.45 bits per heavy atom. The van der Waals surface area contributed by atoms with E-state index in [2.05, 4.69) is 31.3 Å². The Bertz CT molecular complexity index is 114. The molecule has 0 radical (unpaired) electrons. The highest BCUT2D eigenvalue weighted by molar-refractivity contribution is 4.81. The van der Waals surface area contributed by atoms with E-state index in [-0.39, 0.29) is 0 Å². The topological polar surface area (TPSA) is 15.3 Å². The summed E-state index contributed by atoms with van der Waals surface area (Å²) in [6.45, 7) is 5.73. The molecular formula is C9H20N2. The second-order valence-electron chi connectivity index (χ2n) is 3.50. The third-order valence-electron chi connectivity index (χ3n) is 2.75. The van der Waals surface area contributed by atoms with Crippen molar-refractivity contribution in [2.75, 3.05) is 13.6 Å². The van der Waals surface area contributed by atoms with Crippen LogP contribution in [-0.2, 0) is 0 Å². The smallest absolute Gasteiger partial charge is 0.0281 e. The highest BCUT2D eigenvalue weighted by Crippen LogP contribution is 2.21. The molecule has 2 heteroatoms. The SMILES string of the molecule is CCCC1C(CC)CNN1C. The Hall–Kier alpha value is -0.0800. The Morgan fingerprint density at radius 2 is 2.18 bits per heavy atom. The molecule has 0 aromatic carbocycles. The molecule has 2 nitrogen and oxygen atoms in total. The summed E-state index contributed by atoms with van der Waals surface area (Å²) in [6, 6.07) is 0.782. The van der Waals surface area contributed by atoms with Gasteiger partial charge in [0, 0.05) is 19.6 Å². The maximum absolute atomic E-state index is 3.39. The van der Waals surface area contributed by atoms with Gasteiger partial charge in [-0.3, -0.25) is 5.43 Å². The van der Waals surface area contributed by atoms with Crippen LogP contribution in [0.5, 0.6) is 0 Å². The maximum Gasteiger partial charge on any atom is 0.0281 e. The number of hydrazine groups is 1. The van der Waals surface area contributed by atoms with Crippen LogP contribution >= 0.6 is 0 Å². The molecule has 11 heavy (non-hydrogen) atoms. The molecule has 0 aliphatic carbocycles. The van der Waals surface area contributed by atoms with Crippen LogP contribution in [0.4, 0.5) is 0 Å². The van der Waals surface area contributed by atoms with Crippen LogP contribution < -0.4 is 5.43 Å². The molecular weight excluding hydrogens is 136 g/mol. The molecule has 1 aliphatic heterocycles. The predicted octanol–water partition coefficient (Wildman–Crippen LogP) is 1.63. The molecule has 2 atom stereocenters. The lowest BCUT2D eigenvalue weighted by Crippen LogP contribution is -2.34. The van der Waals surface area contributed by atoms with Crippen LogP contribution in [0.1, 0.15) is 33.1 Å². The molecule has 1 heterocycles. The lowest BCUT2D eigenvalue weighted by Gasteiger charge is -2.22. The average Bonchev–Trinajstić information content (AvgIpc) is 2.34. The molecule has 0 spiro atoms. The normalized spacial score (nSPS) is 33.0.